The first-order chi connectivity index (χ1) is 15.8. The Kier molecular flexibility index (Phi) is 5.24. The van der Waals surface area contributed by atoms with Crippen molar-refractivity contribution >= 4 is 11.6 Å². The molecule has 33 heavy (non-hydrogen) atoms. The summed E-state index contributed by atoms with van der Waals surface area (Å²) in [5.74, 6) is 0.605. The fourth-order valence-corrected chi connectivity index (χ4v) is 4.89. The van der Waals surface area contributed by atoms with Gasteiger partial charge in [0.05, 0.1) is 0 Å². The average Bonchev–Trinajstić information content (AvgIpc) is 3.36. The van der Waals surface area contributed by atoms with Crippen LogP contribution in [0.4, 0.5) is 0 Å². The van der Waals surface area contributed by atoms with Gasteiger partial charge in [0.1, 0.15) is 0 Å². The molecule has 1 aromatic heterocycles. The maximum absolute atomic E-state index is 4.08. The molecule has 0 fully saturated rings. The van der Waals surface area contributed by atoms with Crippen molar-refractivity contribution in [1.29, 1.82) is 0 Å². The number of fused-ring (bicyclic) bond motifs is 1. The minimum absolute atomic E-state index is 0.175. The maximum atomic E-state index is 4.08. The van der Waals surface area contributed by atoms with Crippen molar-refractivity contribution in [3.8, 4) is 11.4 Å². The standard InChI is InChI=1S/C29H30N4/c1-28(2)16-17-29(3,4)26-19-23(14-15-25(26)28)24(21-8-6-5-7-9-21)18-20-10-12-22(13-11-20)27-30-32-33-31-27/h5-15,18-19H,16-17H2,1-4H3,(H,30,31,32,33). The number of nitrogens with zero attached hydrogens (tertiary/aromatic N) is 3. The largest absolute Gasteiger partial charge is 0.204 e. The van der Waals surface area contributed by atoms with Gasteiger partial charge in [-0.1, -0.05) is 100 Å². The van der Waals surface area contributed by atoms with E-state index < -0.39 is 0 Å². The number of nitrogens with one attached hydrogen (secondary N) is 1. The van der Waals surface area contributed by atoms with E-state index in [4.69, 9.17) is 0 Å². The van der Waals surface area contributed by atoms with Crippen molar-refractivity contribution in [2.24, 2.45) is 0 Å². The lowest BCUT2D eigenvalue weighted by Gasteiger charge is -2.42. The molecule has 1 N–H and O–H groups in total. The van der Waals surface area contributed by atoms with Crippen LogP contribution in [0.5, 0.6) is 0 Å². The number of aromatic amines is 1. The lowest BCUT2D eigenvalue weighted by molar-refractivity contribution is 0.332. The van der Waals surface area contributed by atoms with E-state index in [9.17, 15) is 0 Å². The van der Waals surface area contributed by atoms with Gasteiger partial charge >= 0.3 is 0 Å². The maximum Gasteiger partial charge on any atom is 0.204 e. The smallest absolute Gasteiger partial charge is 0.177 e. The van der Waals surface area contributed by atoms with Crippen molar-refractivity contribution in [3.63, 3.8) is 0 Å². The van der Waals surface area contributed by atoms with Crippen molar-refractivity contribution < 1.29 is 0 Å². The molecule has 0 spiro atoms. The van der Waals surface area contributed by atoms with Gasteiger partial charge in [-0.15, -0.1) is 10.2 Å². The Morgan fingerprint density at radius 1 is 0.788 bits per heavy atom. The molecule has 0 atom stereocenters. The monoisotopic (exact) mass is 434 g/mol. The number of tetrazole rings is 1. The molecule has 1 aliphatic rings. The van der Waals surface area contributed by atoms with Crippen LogP contribution in [-0.4, -0.2) is 20.6 Å². The minimum atomic E-state index is 0.175. The van der Waals surface area contributed by atoms with Crippen LogP contribution in [0.3, 0.4) is 0 Å². The third-order valence-electron chi connectivity index (χ3n) is 7.07. The summed E-state index contributed by atoms with van der Waals surface area (Å²) in [6.45, 7) is 9.51. The molecule has 0 aliphatic heterocycles. The molecule has 0 saturated heterocycles. The second kappa shape index (κ2) is 8.11. The van der Waals surface area contributed by atoms with Gasteiger partial charge in [0.2, 0.25) is 5.82 Å². The second-order valence-corrected chi connectivity index (χ2v) is 10.3. The summed E-state index contributed by atoms with van der Waals surface area (Å²) < 4.78 is 0. The van der Waals surface area contributed by atoms with E-state index in [2.05, 4.69) is 115 Å². The van der Waals surface area contributed by atoms with Crippen LogP contribution in [0.2, 0.25) is 0 Å². The van der Waals surface area contributed by atoms with Crippen LogP contribution in [-0.2, 0) is 10.8 Å². The Hall–Kier alpha value is -3.53. The first-order valence-corrected chi connectivity index (χ1v) is 11.6. The van der Waals surface area contributed by atoms with Gasteiger partial charge in [-0.2, -0.15) is 5.21 Å². The molecule has 4 heteroatoms. The minimum Gasteiger partial charge on any atom is -0.177 e. The Balaban J connectivity index is 1.61. The Morgan fingerprint density at radius 3 is 2.15 bits per heavy atom. The fourth-order valence-electron chi connectivity index (χ4n) is 4.89. The summed E-state index contributed by atoms with van der Waals surface area (Å²) >= 11 is 0. The molecule has 0 bridgehead atoms. The quantitative estimate of drug-likeness (QED) is 0.359. The molecule has 0 radical (unpaired) electrons. The van der Waals surface area contributed by atoms with Gasteiger partial charge in [-0.25, -0.2) is 0 Å². The summed E-state index contributed by atoms with van der Waals surface area (Å²) in [4.78, 5) is 0. The molecule has 0 unspecified atom stereocenters. The Morgan fingerprint density at radius 2 is 1.48 bits per heavy atom. The van der Waals surface area contributed by atoms with Crippen LogP contribution in [0, 0.1) is 0 Å². The van der Waals surface area contributed by atoms with Gasteiger partial charge in [0.15, 0.2) is 0 Å². The SMILES string of the molecule is CC1(C)CCC(C)(C)c2cc(C(=Cc3ccc(-c4nn[nH]n4)cc3)c3ccccc3)ccc21. The van der Waals surface area contributed by atoms with Crippen LogP contribution in [0.1, 0.15) is 68.4 Å². The molecule has 1 aliphatic carbocycles. The molecule has 4 aromatic rings. The molecule has 166 valence electrons. The van der Waals surface area contributed by atoms with Gasteiger partial charge in [-0.3, -0.25) is 0 Å². The van der Waals surface area contributed by atoms with E-state index in [1.165, 1.54) is 40.7 Å². The highest BCUT2D eigenvalue weighted by Gasteiger charge is 2.37. The molecule has 3 aromatic carbocycles. The molecule has 0 amide bonds. The normalized spacial score (nSPS) is 16.9. The lowest BCUT2D eigenvalue weighted by atomic mass is 9.63. The summed E-state index contributed by atoms with van der Waals surface area (Å²) in [5.41, 5.74) is 9.13. The number of hydrogen-bond donors (Lipinski definition) is 1. The van der Waals surface area contributed by atoms with Crippen molar-refractivity contribution in [2.45, 2.75) is 51.4 Å². The number of rotatable bonds is 4. The van der Waals surface area contributed by atoms with Crippen LogP contribution < -0.4 is 0 Å². The van der Waals surface area contributed by atoms with E-state index in [0.717, 1.165) is 11.1 Å². The number of H-pyrrole nitrogens is 1. The molecule has 4 nitrogen and oxygen atoms in total. The van der Waals surface area contributed by atoms with Crippen LogP contribution >= 0.6 is 0 Å². The summed E-state index contributed by atoms with van der Waals surface area (Å²) in [7, 11) is 0. The van der Waals surface area contributed by atoms with Gasteiger partial charge < -0.3 is 0 Å². The first kappa shape index (κ1) is 21.3. The third kappa shape index (κ3) is 4.13. The van der Waals surface area contributed by atoms with Crippen molar-refractivity contribution in [2.75, 3.05) is 0 Å². The molecule has 5 rings (SSSR count). The van der Waals surface area contributed by atoms with Gasteiger partial charge in [0.25, 0.3) is 0 Å². The van der Waals surface area contributed by atoms with Gasteiger partial charge in [-0.05, 0) is 68.4 Å². The van der Waals surface area contributed by atoms with E-state index in [1.54, 1.807) is 0 Å². The second-order valence-electron chi connectivity index (χ2n) is 10.3. The van der Waals surface area contributed by atoms with Gasteiger partial charge in [0, 0.05) is 5.56 Å². The summed E-state index contributed by atoms with van der Waals surface area (Å²) in [6.07, 6.45) is 4.71. The van der Waals surface area contributed by atoms with Crippen molar-refractivity contribution in [1.82, 2.24) is 20.6 Å². The van der Waals surface area contributed by atoms with Crippen molar-refractivity contribution in [3.05, 3.63) is 101 Å². The predicted molar refractivity (Wildman–Crippen MR) is 135 cm³/mol. The predicted octanol–water partition coefficient (Wildman–Crippen LogP) is 6.80. The van der Waals surface area contributed by atoms with E-state index in [1.807, 2.05) is 12.1 Å². The number of benzene rings is 3. The Bertz CT molecular complexity index is 1280. The van der Waals surface area contributed by atoms with Crippen LogP contribution in [0.25, 0.3) is 23.0 Å². The zero-order chi connectivity index (χ0) is 23.1. The highest BCUT2D eigenvalue weighted by Crippen LogP contribution is 2.46. The lowest BCUT2D eigenvalue weighted by Crippen LogP contribution is -2.33. The third-order valence-corrected chi connectivity index (χ3v) is 7.07. The summed E-state index contributed by atoms with van der Waals surface area (Å²) in [5, 5.41) is 14.3. The fraction of sp³-hybridized carbons (Fsp3) is 0.276. The molecular weight excluding hydrogens is 404 g/mol. The zero-order valence-corrected chi connectivity index (χ0v) is 19.8. The molecule has 1 heterocycles. The van der Waals surface area contributed by atoms with E-state index in [0.29, 0.717) is 5.82 Å². The topological polar surface area (TPSA) is 54.5 Å². The Labute approximate surface area is 195 Å². The number of hydrogen-bond acceptors (Lipinski definition) is 3. The first-order valence-electron chi connectivity index (χ1n) is 11.6. The number of aromatic nitrogens is 4. The van der Waals surface area contributed by atoms with E-state index in [-0.39, 0.29) is 10.8 Å². The molecular formula is C29H30N4. The van der Waals surface area contributed by atoms with E-state index >= 15 is 0 Å². The highest BCUT2D eigenvalue weighted by molar-refractivity contribution is 5.92. The summed E-state index contributed by atoms with van der Waals surface area (Å²) in [6, 6.07) is 26.1. The van der Waals surface area contributed by atoms with Crippen LogP contribution in [0.15, 0.2) is 72.8 Å². The zero-order valence-electron chi connectivity index (χ0n) is 19.8. The average molecular weight is 435 g/mol. The highest BCUT2D eigenvalue weighted by atomic mass is 15.5. The molecule has 0 saturated carbocycles.